The van der Waals surface area contributed by atoms with Crippen LogP contribution in [-0.2, 0) is 20.9 Å². The molecule has 3 rings (SSSR count). The first-order valence-electron chi connectivity index (χ1n) is 11.4. The Morgan fingerprint density at radius 1 is 1.13 bits per heavy atom. The number of nitrogens with one attached hydrogen (secondary N) is 2. The number of carbonyl (C=O) groups excluding carboxylic acids is 1. The maximum absolute atomic E-state index is 13.2. The van der Waals surface area contributed by atoms with Crippen molar-refractivity contribution in [2.75, 3.05) is 18.5 Å². The number of ether oxygens (including phenoxy) is 1. The molecular weight excluding hydrogens is 675 g/mol. The van der Waals surface area contributed by atoms with Crippen molar-refractivity contribution in [1.29, 1.82) is 0 Å². The van der Waals surface area contributed by atoms with Gasteiger partial charge in [-0.3, -0.25) is 10.2 Å². The Balaban J connectivity index is 1.81. The molecule has 9 nitrogen and oxygen atoms in total. The molecule has 1 aliphatic rings. The topological polar surface area (TPSA) is 125 Å². The lowest BCUT2D eigenvalue weighted by atomic mass is 9.72. The Hall–Kier alpha value is -2.36. The molecule has 1 heterocycles. The van der Waals surface area contributed by atoms with Crippen molar-refractivity contribution < 1.29 is 41.0 Å². The maximum atomic E-state index is 13.2. The fourth-order valence-corrected chi connectivity index (χ4v) is 7.16. The average molecular weight is 701 g/mol. The molecule has 39 heavy (non-hydrogen) atoms. The van der Waals surface area contributed by atoms with Crippen molar-refractivity contribution in [2.24, 2.45) is 5.41 Å². The van der Waals surface area contributed by atoms with Gasteiger partial charge in [-0.15, -0.1) is 0 Å². The van der Waals surface area contributed by atoms with Crippen LogP contribution >= 0.6 is 31.9 Å². The van der Waals surface area contributed by atoms with E-state index >= 15 is 0 Å². The van der Waals surface area contributed by atoms with Crippen LogP contribution in [0.25, 0.3) is 0 Å². The second kappa shape index (κ2) is 11.3. The van der Waals surface area contributed by atoms with Crippen molar-refractivity contribution in [1.82, 2.24) is 9.62 Å². The molecule has 0 radical (unpaired) electrons. The van der Waals surface area contributed by atoms with Crippen LogP contribution in [0, 0.1) is 5.41 Å². The third kappa shape index (κ3) is 7.05. The number of carboxylic acid groups (broad SMARTS) is 1. The van der Waals surface area contributed by atoms with Gasteiger partial charge in [-0.1, -0.05) is 36.7 Å². The number of rotatable bonds is 6. The summed E-state index contributed by atoms with van der Waals surface area (Å²) in [6.45, 7) is 4.57. The summed E-state index contributed by atoms with van der Waals surface area (Å²) >= 11 is 6.46. The van der Waals surface area contributed by atoms with E-state index in [0.29, 0.717) is 8.95 Å². The smallest absolute Gasteiger partial charge is 0.416 e. The summed E-state index contributed by atoms with van der Waals surface area (Å²) in [5.74, 6) is 0. The highest BCUT2D eigenvalue weighted by Gasteiger charge is 2.56. The second-order valence-corrected chi connectivity index (χ2v) is 13.5. The third-order valence-electron chi connectivity index (χ3n) is 6.54. The van der Waals surface area contributed by atoms with Crippen LogP contribution in [0.1, 0.15) is 32.8 Å². The van der Waals surface area contributed by atoms with Crippen molar-refractivity contribution in [3.63, 3.8) is 0 Å². The lowest BCUT2D eigenvalue weighted by molar-refractivity contribution is -0.137. The molecular formula is C24H26Br2F3N3O6S. The van der Waals surface area contributed by atoms with Crippen LogP contribution in [0.15, 0.2) is 56.3 Å². The first-order valence-corrected chi connectivity index (χ1v) is 14.5. The van der Waals surface area contributed by atoms with E-state index in [-0.39, 0.29) is 23.5 Å². The summed E-state index contributed by atoms with van der Waals surface area (Å²) in [4.78, 5) is 25.8. The molecule has 0 bridgehead atoms. The van der Waals surface area contributed by atoms with Gasteiger partial charge in [-0.25, -0.2) is 22.7 Å². The molecule has 214 valence electrons. The molecule has 1 fully saturated rings. The largest absolute Gasteiger partial charge is 0.465 e. The van der Waals surface area contributed by atoms with Gasteiger partial charge in [0, 0.05) is 27.2 Å². The summed E-state index contributed by atoms with van der Waals surface area (Å²) in [7, 11) is -4.07. The van der Waals surface area contributed by atoms with Gasteiger partial charge in [0.05, 0.1) is 16.0 Å². The molecule has 0 aliphatic carbocycles. The van der Waals surface area contributed by atoms with Crippen molar-refractivity contribution in [3.05, 3.63) is 57.0 Å². The summed E-state index contributed by atoms with van der Waals surface area (Å²) < 4.78 is 73.5. The van der Waals surface area contributed by atoms with E-state index < -0.39 is 57.6 Å². The first-order chi connectivity index (χ1) is 17.9. The van der Waals surface area contributed by atoms with E-state index in [9.17, 15) is 36.3 Å². The van der Waals surface area contributed by atoms with Gasteiger partial charge < -0.3 is 9.84 Å². The molecule has 1 saturated heterocycles. The van der Waals surface area contributed by atoms with Crippen molar-refractivity contribution in [2.45, 2.75) is 49.8 Å². The summed E-state index contributed by atoms with van der Waals surface area (Å²) in [5.41, 5.74) is -3.00. The number of hydrogen-bond acceptors (Lipinski definition) is 5. The number of anilines is 1. The van der Waals surface area contributed by atoms with Crippen molar-refractivity contribution >= 4 is 59.8 Å². The summed E-state index contributed by atoms with van der Waals surface area (Å²) in [6.07, 6.45) is -6.89. The number of nitrogens with zero attached hydrogens (tertiary/aromatic N) is 1. The number of alkyl halides is 3. The number of carbonyl (C=O) groups is 2. The normalized spacial score (nSPS) is 20.1. The van der Waals surface area contributed by atoms with Gasteiger partial charge >= 0.3 is 18.4 Å². The van der Waals surface area contributed by atoms with E-state index in [4.69, 9.17) is 4.74 Å². The molecule has 2 atom stereocenters. The van der Waals surface area contributed by atoms with Crippen LogP contribution < -0.4 is 10.0 Å². The highest BCUT2D eigenvalue weighted by atomic mass is 79.9. The summed E-state index contributed by atoms with van der Waals surface area (Å²) in [6, 6.07) is 7.49. The van der Waals surface area contributed by atoms with E-state index in [1.165, 1.54) is 6.07 Å². The number of sulfonamides is 1. The Bertz CT molecular complexity index is 1350. The highest BCUT2D eigenvalue weighted by Crippen LogP contribution is 2.44. The van der Waals surface area contributed by atoms with Gasteiger partial charge in [0.1, 0.15) is 6.61 Å². The minimum Gasteiger partial charge on any atom is -0.465 e. The van der Waals surface area contributed by atoms with Gasteiger partial charge in [-0.2, -0.15) is 13.2 Å². The zero-order valence-electron chi connectivity index (χ0n) is 21.0. The predicted molar refractivity (Wildman–Crippen MR) is 144 cm³/mol. The number of hydrogen-bond donors (Lipinski definition) is 3. The molecule has 0 saturated carbocycles. The Morgan fingerprint density at radius 2 is 1.74 bits per heavy atom. The Kier molecular flexibility index (Phi) is 9.00. The van der Waals surface area contributed by atoms with Gasteiger partial charge in [-0.05, 0) is 70.2 Å². The molecule has 0 aromatic heterocycles. The van der Waals surface area contributed by atoms with Crippen LogP contribution in [0.3, 0.4) is 0 Å². The van der Waals surface area contributed by atoms with E-state index in [0.717, 1.165) is 29.2 Å². The lowest BCUT2D eigenvalue weighted by Crippen LogP contribution is -2.58. The molecule has 0 spiro atoms. The number of halogens is 5. The average Bonchev–Trinajstić information content (AvgIpc) is 3.18. The molecule has 2 amide bonds. The van der Waals surface area contributed by atoms with E-state index in [1.807, 2.05) is 0 Å². The zero-order chi connectivity index (χ0) is 29.4. The number of likely N-dealkylation sites (tertiary alicyclic amines) is 1. The van der Waals surface area contributed by atoms with E-state index in [1.54, 1.807) is 32.9 Å². The SMILES string of the molecule is CC(C)(C)[C@@]1(COC(=O)Nc2ccc(C(F)(F)F)cc2)C[C@@H](NS(=O)(=O)c2cc(Br)ccc2Br)CN1C(=O)O. The highest BCUT2D eigenvalue weighted by molar-refractivity contribution is 9.11. The fourth-order valence-electron chi connectivity index (χ4n) is 4.43. The maximum Gasteiger partial charge on any atom is 0.416 e. The molecule has 2 aromatic rings. The standard InChI is InChI=1S/C24H26Br2F3N3O6S/c1-22(2,3)23(13-38-20(33)30-16-7-4-14(5-8-16)24(27,28)29)11-17(12-32(23)21(34)35)31-39(36,37)19-10-15(25)6-9-18(19)26/h4-10,17,31H,11-13H2,1-3H3,(H,30,33)(H,34,35)/t17-,23+/m1/s1. The van der Waals surface area contributed by atoms with Crippen molar-refractivity contribution in [3.8, 4) is 0 Å². The van der Waals surface area contributed by atoms with E-state index in [2.05, 4.69) is 41.9 Å². The fraction of sp³-hybridized carbons (Fsp3) is 0.417. The molecule has 2 aromatic carbocycles. The minimum atomic E-state index is -4.54. The van der Waals surface area contributed by atoms with Crippen LogP contribution in [-0.4, -0.2) is 55.3 Å². The second-order valence-electron chi connectivity index (χ2n) is 10.0. The molecule has 1 aliphatic heterocycles. The van der Waals surface area contributed by atoms with Crippen LogP contribution in [0.2, 0.25) is 0 Å². The predicted octanol–water partition coefficient (Wildman–Crippen LogP) is 6.29. The lowest BCUT2D eigenvalue weighted by Gasteiger charge is -2.46. The molecule has 15 heteroatoms. The van der Waals surface area contributed by atoms with Gasteiger partial charge in [0.15, 0.2) is 0 Å². The first kappa shape index (κ1) is 31.2. The zero-order valence-corrected chi connectivity index (χ0v) is 25.0. The van der Waals surface area contributed by atoms with Gasteiger partial charge in [0.25, 0.3) is 0 Å². The molecule has 0 unspecified atom stereocenters. The number of amides is 2. The minimum absolute atomic E-state index is 0.0127. The quantitative estimate of drug-likeness (QED) is 0.325. The van der Waals surface area contributed by atoms with Crippen LogP contribution in [0.5, 0.6) is 0 Å². The Labute approximate surface area is 240 Å². The van der Waals surface area contributed by atoms with Crippen LogP contribution in [0.4, 0.5) is 28.4 Å². The molecule has 3 N–H and O–H groups in total. The van der Waals surface area contributed by atoms with Gasteiger partial charge in [0.2, 0.25) is 10.0 Å². The monoisotopic (exact) mass is 699 g/mol. The Morgan fingerprint density at radius 3 is 2.28 bits per heavy atom. The summed E-state index contributed by atoms with van der Waals surface area (Å²) in [5, 5.41) is 12.3. The third-order valence-corrected chi connectivity index (χ3v) is 9.54. The number of benzene rings is 2.